The number of hydrogen-bond acceptors (Lipinski definition) is 3. The Morgan fingerprint density at radius 1 is 0.462 bits per heavy atom. The van der Waals surface area contributed by atoms with E-state index in [1.807, 2.05) is 18.2 Å². The monoisotopic (exact) mass is 667 g/mol. The number of rotatable bonds is 4. The van der Waals surface area contributed by atoms with Gasteiger partial charge in [-0.25, -0.2) is 0 Å². The molecule has 11 rings (SSSR count). The SMILES string of the molecule is CC1(C)c2ccccc2-c2ccc(N(c3ccc4c(oc5ccc6oc7ccccc7c6c54)c3-c3ccccc3)c3cccc4ccccc34)cc21. The molecule has 0 radical (unpaired) electrons. The highest BCUT2D eigenvalue weighted by Crippen LogP contribution is 2.53. The molecule has 0 atom stereocenters. The maximum absolute atomic E-state index is 7.00. The van der Waals surface area contributed by atoms with Gasteiger partial charge in [0.1, 0.15) is 22.3 Å². The van der Waals surface area contributed by atoms with E-state index in [1.165, 1.54) is 33.0 Å². The van der Waals surface area contributed by atoms with Gasteiger partial charge in [-0.2, -0.15) is 0 Å². The van der Waals surface area contributed by atoms with Crippen molar-refractivity contribution < 1.29 is 8.83 Å². The molecule has 0 bridgehead atoms. The smallest absolute Gasteiger partial charge is 0.145 e. The van der Waals surface area contributed by atoms with E-state index in [2.05, 4.69) is 164 Å². The van der Waals surface area contributed by atoms with Crippen molar-refractivity contribution in [2.75, 3.05) is 4.90 Å². The summed E-state index contributed by atoms with van der Waals surface area (Å²) in [5.74, 6) is 0. The van der Waals surface area contributed by atoms with E-state index in [4.69, 9.17) is 8.83 Å². The van der Waals surface area contributed by atoms with Gasteiger partial charge in [-0.15, -0.1) is 0 Å². The molecule has 1 aliphatic rings. The maximum atomic E-state index is 7.00. The second kappa shape index (κ2) is 10.7. The van der Waals surface area contributed by atoms with Crippen LogP contribution in [0.25, 0.3) is 76.9 Å². The molecule has 246 valence electrons. The van der Waals surface area contributed by atoms with Crippen LogP contribution in [0.2, 0.25) is 0 Å². The summed E-state index contributed by atoms with van der Waals surface area (Å²) in [7, 11) is 0. The number of furan rings is 2. The minimum absolute atomic E-state index is 0.143. The van der Waals surface area contributed by atoms with Crippen LogP contribution in [0.15, 0.2) is 173 Å². The van der Waals surface area contributed by atoms with Crippen LogP contribution < -0.4 is 4.90 Å². The van der Waals surface area contributed by atoms with Crippen LogP contribution >= 0.6 is 0 Å². The van der Waals surface area contributed by atoms with Crippen molar-refractivity contribution >= 4 is 71.7 Å². The molecule has 0 amide bonds. The fourth-order valence-electron chi connectivity index (χ4n) is 8.85. The zero-order valence-corrected chi connectivity index (χ0v) is 28.9. The summed E-state index contributed by atoms with van der Waals surface area (Å²) in [6.07, 6.45) is 0. The fraction of sp³-hybridized carbons (Fsp3) is 0.0612. The van der Waals surface area contributed by atoms with Gasteiger partial charge in [-0.3, -0.25) is 0 Å². The molecule has 10 aromatic rings. The third-order valence-electron chi connectivity index (χ3n) is 11.3. The quantitative estimate of drug-likeness (QED) is 0.187. The van der Waals surface area contributed by atoms with E-state index < -0.39 is 0 Å². The van der Waals surface area contributed by atoms with Gasteiger partial charge in [0.15, 0.2) is 0 Å². The average Bonchev–Trinajstić information content (AvgIpc) is 3.83. The summed E-state index contributed by atoms with van der Waals surface area (Å²) in [5, 5.41) is 6.70. The van der Waals surface area contributed by atoms with E-state index in [-0.39, 0.29) is 5.41 Å². The van der Waals surface area contributed by atoms with Gasteiger partial charge in [0.2, 0.25) is 0 Å². The van der Waals surface area contributed by atoms with Gasteiger partial charge in [-0.05, 0) is 81.7 Å². The van der Waals surface area contributed by atoms with Crippen LogP contribution in [0.4, 0.5) is 17.1 Å². The Morgan fingerprint density at radius 2 is 1.15 bits per heavy atom. The molecule has 3 heteroatoms. The van der Waals surface area contributed by atoms with Crippen LogP contribution in [-0.4, -0.2) is 0 Å². The van der Waals surface area contributed by atoms with Crippen molar-refractivity contribution in [1.29, 1.82) is 0 Å². The molecule has 0 aliphatic heterocycles. The number of benzene rings is 8. The standard InChI is InChI=1S/C49H33NO2/c1-49(2)38-20-10-8-18-34(38)35-24-23-32(29-39(35)49)50(40-21-12-16-30-13-6-7-17-33(30)40)41-26-25-37-47-44(52-48(37)45(41)31-14-4-3-5-15-31)28-27-43-46(47)36-19-9-11-22-42(36)51-43/h3-29H,1-2H3. The Bertz CT molecular complexity index is 3050. The Kier molecular flexibility index (Phi) is 6.01. The highest BCUT2D eigenvalue weighted by Gasteiger charge is 2.36. The zero-order chi connectivity index (χ0) is 34.6. The van der Waals surface area contributed by atoms with Crippen molar-refractivity contribution in [3.63, 3.8) is 0 Å². The van der Waals surface area contributed by atoms with Crippen molar-refractivity contribution in [2.24, 2.45) is 0 Å². The summed E-state index contributed by atoms with van der Waals surface area (Å²) in [6.45, 7) is 4.69. The Labute approximate surface area is 301 Å². The molecule has 0 saturated carbocycles. The van der Waals surface area contributed by atoms with Crippen molar-refractivity contribution in [2.45, 2.75) is 19.3 Å². The molecule has 0 saturated heterocycles. The lowest BCUT2D eigenvalue weighted by Gasteiger charge is -2.30. The van der Waals surface area contributed by atoms with Crippen molar-refractivity contribution in [3.8, 4) is 22.3 Å². The normalized spacial score (nSPS) is 13.3. The second-order valence-corrected chi connectivity index (χ2v) is 14.4. The lowest BCUT2D eigenvalue weighted by atomic mass is 9.82. The van der Waals surface area contributed by atoms with E-state index in [9.17, 15) is 0 Å². The van der Waals surface area contributed by atoms with Crippen LogP contribution in [-0.2, 0) is 5.41 Å². The van der Waals surface area contributed by atoms with E-state index in [0.29, 0.717) is 0 Å². The van der Waals surface area contributed by atoms with Gasteiger partial charge in [0.05, 0.1) is 11.4 Å². The number of para-hydroxylation sites is 1. The van der Waals surface area contributed by atoms with Gasteiger partial charge in [-0.1, -0.05) is 129 Å². The maximum Gasteiger partial charge on any atom is 0.145 e. The molecule has 8 aromatic carbocycles. The molecule has 0 fully saturated rings. The molecular weight excluding hydrogens is 635 g/mol. The minimum Gasteiger partial charge on any atom is -0.456 e. The number of hydrogen-bond donors (Lipinski definition) is 0. The summed E-state index contributed by atoms with van der Waals surface area (Å²) in [5.41, 5.74) is 14.0. The van der Waals surface area contributed by atoms with E-state index in [1.54, 1.807) is 0 Å². The molecule has 3 nitrogen and oxygen atoms in total. The summed E-state index contributed by atoms with van der Waals surface area (Å²) >= 11 is 0. The molecular formula is C49H33NO2. The largest absolute Gasteiger partial charge is 0.456 e. The zero-order valence-electron chi connectivity index (χ0n) is 28.9. The van der Waals surface area contributed by atoms with Gasteiger partial charge < -0.3 is 13.7 Å². The molecule has 0 spiro atoms. The third-order valence-corrected chi connectivity index (χ3v) is 11.3. The Morgan fingerprint density at radius 3 is 2.04 bits per heavy atom. The fourth-order valence-corrected chi connectivity index (χ4v) is 8.85. The lowest BCUT2D eigenvalue weighted by molar-refractivity contribution is 0.660. The first kappa shape index (κ1) is 29.2. The molecule has 1 aliphatic carbocycles. The third kappa shape index (κ3) is 4.02. The van der Waals surface area contributed by atoms with Crippen molar-refractivity contribution in [3.05, 3.63) is 175 Å². The van der Waals surface area contributed by atoms with Crippen molar-refractivity contribution in [1.82, 2.24) is 0 Å². The first-order chi connectivity index (χ1) is 25.6. The lowest BCUT2D eigenvalue weighted by Crippen LogP contribution is -2.17. The first-order valence-corrected chi connectivity index (χ1v) is 17.9. The molecule has 0 N–H and O–H groups in total. The first-order valence-electron chi connectivity index (χ1n) is 17.9. The number of anilines is 3. The molecule has 52 heavy (non-hydrogen) atoms. The summed E-state index contributed by atoms with van der Waals surface area (Å²) in [4.78, 5) is 2.44. The molecule has 2 heterocycles. The number of fused-ring (bicyclic) bond motifs is 11. The van der Waals surface area contributed by atoms with Crippen LogP contribution in [0.5, 0.6) is 0 Å². The van der Waals surface area contributed by atoms with Crippen LogP contribution in [0.3, 0.4) is 0 Å². The average molecular weight is 668 g/mol. The van der Waals surface area contributed by atoms with E-state index >= 15 is 0 Å². The predicted molar refractivity (Wildman–Crippen MR) is 216 cm³/mol. The predicted octanol–water partition coefficient (Wildman–Crippen LogP) is 14.1. The van der Waals surface area contributed by atoms with E-state index in [0.717, 1.165) is 72.1 Å². The highest BCUT2D eigenvalue weighted by molar-refractivity contribution is 6.27. The Balaban J connectivity index is 1.25. The molecule has 2 aromatic heterocycles. The molecule has 0 unspecified atom stereocenters. The van der Waals surface area contributed by atoms with Gasteiger partial charge in [0.25, 0.3) is 0 Å². The Hall–Kier alpha value is -6.58. The second-order valence-electron chi connectivity index (χ2n) is 14.4. The highest BCUT2D eigenvalue weighted by atomic mass is 16.3. The van der Waals surface area contributed by atoms with Crippen LogP contribution in [0, 0.1) is 0 Å². The van der Waals surface area contributed by atoms with Gasteiger partial charge in [0, 0.05) is 43.6 Å². The summed E-state index contributed by atoms with van der Waals surface area (Å²) < 4.78 is 13.3. The van der Waals surface area contributed by atoms with Gasteiger partial charge >= 0.3 is 0 Å². The summed E-state index contributed by atoms with van der Waals surface area (Å²) in [6, 6.07) is 58.7. The topological polar surface area (TPSA) is 29.5 Å². The number of nitrogens with zero attached hydrogens (tertiary/aromatic N) is 1. The van der Waals surface area contributed by atoms with Crippen LogP contribution in [0.1, 0.15) is 25.0 Å². The minimum atomic E-state index is -0.143.